The molecular formula is C12H17BrN4O2. The van der Waals surface area contributed by atoms with Crippen LogP contribution in [0.1, 0.15) is 23.7 Å². The van der Waals surface area contributed by atoms with Crippen molar-refractivity contribution in [2.24, 2.45) is 11.8 Å². The molecule has 7 heteroatoms. The Morgan fingerprint density at radius 2 is 2.47 bits per heavy atom. The lowest BCUT2D eigenvalue weighted by atomic mass is 10.0. The molecule has 2 heterocycles. The molecule has 1 aromatic heterocycles. The maximum atomic E-state index is 12.4. The quantitative estimate of drug-likeness (QED) is 0.568. The number of anilines is 1. The largest absolute Gasteiger partial charge is 0.393 e. The lowest BCUT2D eigenvalue weighted by molar-refractivity contribution is 0.0763. The Labute approximate surface area is 120 Å². The van der Waals surface area contributed by atoms with Crippen molar-refractivity contribution in [1.82, 2.24) is 9.88 Å². The normalized spacial score (nSPS) is 20.4. The summed E-state index contributed by atoms with van der Waals surface area (Å²) in [5, 5.41) is 9.58. The van der Waals surface area contributed by atoms with E-state index >= 15 is 0 Å². The molecule has 1 aromatic rings. The van der Waals surface area contributed by atoms with Crippen LogP contribution in [0, 0.1) is 5.92 Å². The molecule has 2 rings (SSSR count). The third-order valence-corrected chi connectivity index (χ3v) is 3.85. The van der Waals surface area contributed by atoms with Crippen LogP contribution in [-0.2, 0) is 0 Å². The van der Waals surface area contributed by atoms with Gasteiger partial charge in [0.2, 0.25) is 0 Å². The summed E-state index contributed by atoms with van der Waals surface area (Å²) < 4.78 is 0.723. The first kappa shape index (κ1) is 14.2. The van der Waals surface area contributed by atoms with Crippen LogP contribution < -0.4 is 11.3 Å². The zero-order valence-corrected chi connectivity index (χ0v) is 12.2. The molecule has 2 unspecified atom stereocenters. The summed E-state index contributed by atoms with van der Waals surface area (Å²) in [5.74, 6) is 5.75. The van der Waals surface area contributed by atoms with Crippen molar-refractivity contribution in [2.75, 3.05) is 18.5 Å². The highest BCUT2D eigenvalue weighted by Gasteiger charge is 2.30. The number of hydrogen-bond acceptors (Lipinski definition) is 5. The molecule has 1 amide bonds. The van der Waals surface area contributed by atoms with Crippen LogP contribution in [0.15, 0.2) is 16.7 Å². The Kier molecular flexibility index (Phi) is 4.38. The van der Waals surface area contributed by atoms with Crippen molar-refractivity contribution >= 4 is 27.7 Å². The van der Waals surface area contributed by atoms with Crippen LogP contribution in [0.25, 0.3) is 0 Å². The average molecular weight is 329 g/mol. The van der Waals surface area contributed by atoms with E-state index in [1.54, 1.807) is 24.1 Å². The first-order valence-electron chi connectivity index (χ1n) is 6.12. The Balaban J connectivity index is 2.19. The molecule has 0 bridgehead atoms. The SMILES string of the molecule is CC(O)C1CCN(C(=O)c2cc(Br)cnc2NN)C1. The minimum Gasteiger partial charge on any atom is -0.393 e. The molecule has 4 N–H and O–H groups in total. The first-order valence-corrected chi connectivity index (χ1v) is 6.91. The number of carbonyl (C=O) groups excluding carboxylic acids is 1. The predicted molar refractivity (Wildman–Crippen MR) is 75.4 cm³/mol. The fraction of sp³-hybridized carbons (Fsp3) is 0.500. The van der Waals surface area contributed by atoms with Crippen LogP contribution in [0.5, 0.6) is 0 Å². The number of likely N-dealkylation sites (tertiary alicyclic amines) is 1. The summed E-state index contributed by atoms with van der Waals surface area (Å²) in [7, 11) is 0. The standard InChI is InChI=1S/C12H17BrN4O2/c1-7(18)8-2-3-17(6-8)12(19)10-4-9(13)5-15-11(10)16-14/h4-5,7-8,18H,2-3,6,14H2,1H3,(H,15,16). The van der Waals surface area contributed by atoms with Crippen LogP contribution in [0.2, 0.25) is 0 Å². The Bertz CT molecular complexity index is 481. The number of hydrogen-bond donors (Lipinski definition) is 3. The third kappa shape index (κ3) is 3.05. The van der Waals surface area contributed by atoms with Gasteiger partial charge in [-0.1, -0.05) is 0 Å². The van der Waals surface area contributed by atoms with Gasteiger partial charge in [0, 0.05) is 29.7 Å². The van der Waals surface area contributed by atoms with E-state index < -0.39 is 6.10 Å². The fourth-order valence-corrected chi connectivity index (χ4v) is 2.58. The van der Waals surface area contributed by atoms with E-state index in [1.807, 2.05) is 0 Å². The monoisotopic (exact) mass is 328 g/mol. The van der Waals surface area contributed by atoms with E-state index in [1.165, 1.54) is 0 Å². The predicted octanol–water partition coefficient (Wildman–Crippen LogP) is 0.973. The van der Waals surface area contributed by atoms with E-state index in [2.05, 4.69) is 26.3 Å². The molecular weight excluding hydrogens is 312 g/mol. The lowest BCUT2D eigenvalue weighted by Gasteiger charge is -2.19. The molecule has 1 aliphatic rings. The molecule has 1 aliphatic heterocycles. The Morgan fingerprint density at radius 1 is 1.74 bits per heavy atom. The van der Waals surface area contributed by atoms with Crippen LogP contribution in [-0.4, -0.2) is 40.1 Å². The number of rotatable bonds is 3. The molecule has 0 saturated carbocycles. The van der Waals surface area contributed by atoms with Crippen LogP contribution in [0.4, 0.5) is 5.82 Å². The summed E-state index contributed by atoms with van der Waals surface area (Å²) in [5.41, 5.74) is 2.87. The number of carbonyl (C=O) groups is 1. The maximum absolute atomic E-state index is 12.4. The van der Waals surface area contributed by atoms with Crippen molar-refractivity contribution in [1.29, 1.82) is 0 Å². The molecule has 2 atom stereocenters. The van der Waals surface area contributed by atoms with Gasteiger partial charge in [0.1, 0.15) is 0 Å². The van der Waals surface area contributed by atoms with E-state index in [0.717, 1.165) is 10.9 Å². The number of halogens is 1. The van der Waals surface area contributed by atoms with Crippen molar-refractivity contribution in [2.45, 2.75) is 19.4 Å². The van der Waals surface area contributed by atoms with Gasteiger partial charge in [-0.05, 0) is 35.3 Å². The smallest absolute Gasteiger partial charge is 0.257 e. The summed E-state index contributed by atoms with van der Waals surface area (Å²) in [6, 6.07) is 1.69. The summed E-state index contributed by atoms with van der Waals surface area (Å²) in [4.78, 5) is 18.2. The number of pyridine rings is 1. The molecule has 1 fully saturated rings. The van der Waals surface area contributed by atoms with E-state index in [4.69, 9.17) is 5.84 Å². The zero-order valence-electron chi connectivity index (χ0n) is 10.6. The Morgan fingerprint density at radius 3 is 3.05 bits per heavy atom. The van der Waals surface area contributed by atoms with Gasteiger partial charge in [-0.25, -0.2) is 10.8 Å². The van der Waals surface area contributed by atoms with E-state index in [9.17, 15) is 9.90 Å². The number of amides is 1. The van der Waals surface area contributed by atoms with Gasteiger partial charge < -0.3 is 15.4 Å². The lowest BCUT2D eigenvalue weighted by Crippen LogP contribution is -2.31. The van der Waals surface area contributed by atoms with Gasteiger partial charge >= 0.3 is 0 Å². The molecule has 0 spiro atoms. The van der Waals surface area contributed by atoms with Gasteiger partial charge in [-0.2, -0.15) is 0 Å². The number of hydrazine groups is 1. The Hall–Kier alpha value is -1.18. The number of nitrogens with one attached hydrogen (secondary N) is 1. The van der Waals surface area contributed by atoms with Crippen LogP contribution in [0.3, 0.4) is 0 Å². The van der Waals surface area contributed by atoms with E-state index in [-0.39, 0.29) is 11.8 Å². The second-order valence-corrected chi connectivity index (χ2v) is 5.65. The minimum atomic E-state index is -0.398. The highest BCUT2D eigenvalue weighted by molar-refractivity contribution is 9.10. The van der Waals surface area contributed by atoms with Crippen LogP contribution >= 0.6 is 15.9 Å². The zero-order chi connectivity index (χ0) is 14.0. The van der Waals surface area contributed by atoms with E-state index in [0.29, 0.717) is 24.5 Å². The number of aliphatic hydroxyl groups is 1. The molecule has 0 aliphatic carbocycles. The van der Waals surface area contributed by atoms with Gasteiger partial charge in [0.05, 0.1) is 11.7 Å². The number of nitrogen functional groups attached to an aromatic ring is 1. The summed E-state index contributed by atoms with van der Waals surface area (Å²) in [6.45, 7) is 2.96. The topological polar surface area (TPSA) is 91.5 Å². The van der Waals surface area contributed by atoms with Gasteiger partial charge in [0.25, 0.3) is 5.91 Å². The van der Waals surface area contributed by atoms with Crippen molar-refractivity contribution in [3.63, 3.8) is 0 Å². The minimum absolute atomic E-state index is 0.120. The molecule has 6 nitrogen and oxygen atoms in total. The summed E-state index contributed by atoms with van der Waals surface area (Å²) in [6.07, 6.45) is 2.00. The second-order valence-electron chi connectivity index (χ2n) is 4.73. The van der Waals surface area contributed by atoms with Crippen molar-refractivity contribution in [3.8, 4) is 0 Å². The van der Waals surface area contributed by atoms with Crippen molar-refractivity contribution in [3.05, 3.63) is 22.3 Å². The number of aromatic nitrogens is 1. The maximum Gasteiger partial charge on any atom is 0.257 e. The van der Waals surface area contributed by atoms with Crippen molar-refractivity contribution < 1.29 is 9.90 Å². The second kappa shape index (κ2) is 5.85. The third-order valence-electron chi connectivity index (χ3n) is 3.42. The number of aliphatic hydroxyl groups excluding tert-OH is 1. The number of nitrogens with two attached hydrogens (primary N) is 1. The molecule has 104 valence electrons. The molecule has 19 heavy (non-hydrogen) atoms. The molecule has 1 saturated heterocycles. The first-order chi connectivity index (χ1) is 9.02. The van der Waals surface area contributed by atoms with Gasteiger partial charge in [-0.15, -0.1) is 0 Å². The van der Waals surface area contributed by atoms with Gasteiger partial charge in [0.15, 0.2) is 5.82 Å². The molecule has 0 radical (unpaired) electrons. The summed E-state index contributed by atoms with van der Waals surface area (Å²) >= 11 is 3.30. The highest BCUT2D eigenvalue weighted by Crippen LogP contribution is 2.24. The van der Waals surface area contributed by atoms with Gasteiger partial charge in [-0.3, -0.25) is 4.79 Å². The fourth-order valence-electron chi connectivity index (χ4n) is 2.25. The molecule has 0 aromatic carbocycles. The number of nitrogens with zero attached hydrogens (tertiary/aromatic N) is 2. The average Bonchev–Trinajstić information content (AvgIpc) is 2.87. The highest BCUT2D eigenvalue weighted by atomic mass is 79.9.